The Morgan fingerprint density at radius 2 is 1.67 bits per heavy atom. The number of hydrogen-bond acceptors (Lipinski definition) is 5. The highest BCUT2D eigenvalue weighted by molar-refractivity contribution is 5.62. The van der Waals surface area contributed by atoms with Crippen LogP contribution in [0.3, 0.4) is 0 Å². The van der Waals surface area contributed by atoms with Gasteiger partial charge in [0.25, 0.3) is 5.89 Å². The normalized spacial score (nSPS) is 16.4. The van der Waals surface area contributed by atoms with E-state index in [1.165, 1.54) is 12.1 Å². The summed E-state index contributed by atoms with van der Waals surface area (Å²) in [5, 5.41) is 4.06. The van der Waals surface area contributed by atoms with Gasteiger partial charge in [-0.2, -0.15) is 4.98 Å². The molecule has 0 atom stereocenters. The molecule has 5 nitrogen and oxygen atoms in total. The van der Waals surface area contributed by atoms with Crippen molar-refractivity contribution in [1.29, 1.82) is 0 Å². The van der Waals surface area contributed by atoms with Crippen molar-refractivity contribution in [3.8, 4) is 22.8 Å². The van der Waals surface area contributed by atoms with Crippen LogP contribution in [-0.4, -0.2) is 15.1 Å². The molecule has 0 radical (unpaired) electrons. The molecule has 1 saturated carbocycles. The van der Waals surface area contributed by atoms with Gasteiger partial charge in [0.2, 0.25) is 0 Å². The molecular formula is C18H17FN4O. The average molecular weight is 324 g/mol. The van der Waals surface area contributed by atoms with Gasteiger partial charge in [-0.1, -0.05) is 24.1 Å². The smallest absolute Gasteiger partial charge is 0.276 e. The third kappa shape index (κ3) is 2.69. The van der Waals surface area contributed by atoms with E-state index < -0.39 is 5.54 Å². The summed E-state index contributed by atoms with van der Waals surface area (Å²) >= 11 is 0. The molecule has 2 aromatic heterocycles. The van der Waals surface area contributed by atoms with Gasteiger partial charge in [0, 0.05) is 5.56 Å². The van der Waals surface area contributed by atoms with Crippen molar-refractivity contribution in [1.82, 2.24) is 15.1 Å². The van der Waals surface area contributed by atoms with E-state index >= 15 is 0 Å². The van der Waals surface area contributed by atoms with Gasteiger partial charge in [-0.3, -0.25) is 0 Å². The van der Waals surface area contributed by atoms with Crippen LogP contribution in [0.15, 0.2) is 47.0 Å². The van der Waals surface area contributed by atoms with Crippen LogP contribution in [0.1, 0.15) is 31.5 Å². The fourth-order valence-corrected chi connectivity index (χ4v) is 3.09. The maximum Gasteiger partial charge on any atom is 0.276 e. The van der Waals surface area contributed by atoms with E-state index in [9.17, 15) is 4.39 Å². The highest BCUT2D eigenvalue weighted by Gasteiger charge is 2.36. The van der Waals surface area contributed by atoms with Crippen LogP contribution in [0.4, 0.5) is 4.39 Å². The number of hydrogen-bond donors (Lipinski definition) is 1. The largest absolute Gasteiger partial charge is 0.332 e. The third-order valence-corrected chi connectivity index (χ3v) is 4.48. The van der Waals surface area contributed by atoms with Crippen LogP contribution in [-0.2, 0) is 5.54 Å². The minimum atomic E-state index is -0.490. The van der Waals surface area contributed by atoms with Crippen LogP contribution < -0.4 is 5.73 Å². The molecule has 0 bridgehead atoms. The molecule has 122 valence electrons. The molecule has 0 saturated heterocycles. The van der Waals surface area contributed by atoms with E-state index in [0.29, 0.717) is 17.4 Å². The highest BCUT2D eigenvalue weighted by atomic mass is 19.1. The van der Waals surface area contributed by atoms with Gasteiger partial charge in [-0.05, 0) is 49.2 Å². The second-order valence-corrected chi connectivity index (χ2v) is 6.20. The SMILES string of the molecule is NC1(c2noc(-c3cccc(-c4ccc(F)cc4)n3)n2)CCCC1. The van der Waals surface area contributed by atoms with E-state index in [1.807, 2.05) is 18.2 Å². The molecule has 1 fully saturated rings. The molecule has 0 spiro atoms. The molecule has 24 heavy (non-hydrogen) atoms. The fraction of sp³-hybridized carbons (Fsp3) is 0.278. The zero-order valence-electron chi connectivity index (χ0n) is 13.1. The van der Waals surface area contributed by atoms with Crippen LogP contribution in [0.25, 0.3) is 22.8 Å². The summed E-state index contributed by atoms with van der Waals surface area (Å²) in [5.41, 5.74) is 8.00. The van der Waals surface area contributed by atoms with Crippen LogP contribution >= 0.6 is 0 Å². The average Bonchev–Trinajstić information content (AvgIpc) is 3.26. The summed E-state index contributed by atoms with van der Waals surface area (Å²) in [7, 11) is 0. The number of nitrogens with zero attached hydrogens (tertiary/aromatic N) is 3. The number of nitrogens with two attached hydrogens (primary N) is 1. The van der Waals surface area contributed by atoms with Crippen molar-refractivity contribution in [2.24, 2.45) is 5.73 Å². The second kappa shape index (κ2) is 5.79. The van der Waals surface area contributed by atoms with Gasteiger partial charge >= 0.3 is 0 Å². The van der Waals surface area contributed by atoms with Crippen LogP contribution in [0, 0.1) is 5.82 Å². The molecule has 3 aromatic rings. The monoisotopic (exact) mass is 324 g/mol. The van der Waals surface area contributed by atoms with E-state index in [4.69, 9.17) is 10.3 Å². The molecule has 1 aliphatic carbocycles. The molecule has 4 rings (SSSR count). The quantitative estimate of drug-likeness (QED) is 0.795. The van der Waals surface area contributed by atoms with Crippen LogP contribution in [0.5, 0.6) is 0 Å². The van der Waals surface area contributed by atoms with Gasteiger partial charge in [0.15, 0.2) is 5.82 Å². The van der Waals surface area contributed by atoms with Gasteiger partial charge in [0.1, 0.15) is 11.5 Å². The van der Waals surface area contributed by atoms with E-state index in [1.54, 1.807) is 12.1 Å². The van der Waals surface area contributed by atoms with E-state index in [0.717, 1.165) is 36.9 Å². The Labute approximate surface area is 138 Å². The molecular weight excluding hydrogens is 307 g/mol. The summed E-state index contributed by atoms with van der Waals surface area (Å²) in [6.45, 7) is 0. The van der Waals surface area contributed by atoms with E-state index in [2.05, 4.69) is 15.1 Å². The third-order valence-electron chi connectivity index (χ3n) is 4.48. The number of rotatable bonds is 3. The Hall–Kier alpha value is -2.60. The minimum absolute atomic E-state index is 0.277. The Kier molecular flexibility index (Phi) is 3.61. The van der Waals surface area contributed by atoms with Gasteiger partial charge < -0.3 is 10.3 Å². The Bertz CT molecular complexity index is 853. The zero-order valence-corrected chi connectivity index (χ0v) is 13.1. The standard InChI is InChI=1S/C18H17FN4O/c19-13-8-6-12(7-9-13)14-4-3-5-15(21-14)16-22-17(23-24-16)18(20)10-1-2-11-18/h3-9H,1-2,10-11,20H2. The molecule has 0 unspecified atom stereocenters. The molecule has 1 aromatic carbocycles. The first-order chi connectivity index (χ1) is 11.6. The first kappa shape index (κ1) is 15.0. The van der Waals surface area contributed by atoms with Gasteiger partial charge in [-0.15, -0.1) is 0 Å². The van der Waals surface area contributed by atoms with Crippen molar-refractivity contribution in [3.05, 3.63) is 54.1 Å². The predicted molar refractivity (Wildman–Crippen MR) is 87.3 cm³/mol. The maximum atomic E-state index is 13.1. The fourth-order valence-electron chi connectivity index (χ4n) is 3.09. The molecule has 2 N–H and O–H groups in total. The second-order valence-electron chi connectivity index (χ2n) is 6.20. The molecule has 2 heterocycles. The van der Waals surface area contributed by atoms with Crippen molar-refractivity contribution < 1.29 is 8.91 Å². The Morgan fingerprint density at radius 1 is 0.958 bits per heavy atom. The molecule has 6 heteroatoms. The van der Waals surface area contributed by atoms with Crippen molar-refractivity contribution in [2.75, 3.05) is 0 Å². The summed E-state index contributed by atoms with van der Waals surface area (Å²) < 4.78 is 18.4. The lowest BCUT2D eigenvalue weighted by Crippen LogP contribution is -2.34. The summed E-state index contributed by atoms with van der Waals surface area (Å²) in [4.78, 5) is 9.00. The lowest BCUT2D eigenvalue weighted by atomic mass is 9.99. The number of aromatic nitrogens is 3. The predicted octanol–water partition coefficient (Wildman–Crippen LogP) is 3.67. The molecule has 1 aliphatic rings. The first-order valence-electron chi connectivity index (χ1n) is 8.00. The summed E-state index contributed by atoms with van der Waals surface area (Å²) in [6, 6.07) is 11.7. The zero-order chi connectivity index (χ0) is 16.6. The summed E-state index contributed by atoms with van der Waals surface area (Å²) in [6.07, 6.45) is 3.90. The molecule has 0 amide bonds. The van der Waals surface area contributed by atoms with E-state index in [-0.39, 0.29) is 5.82 Å². The highest BCUT2D eigenvalue weighted by Crippen LogP contribution is 2.35. The number of halogens is 1. The number of pyridine rings is 1. The lowest BCUT2D eigenvalue weighted by molar-refractivity contribution is 0.372. The minimum Gasteiger partial charge on any atom is -0.332 e. The molecule has 0 aliphatic heterocycles. The van der Waals surface area contributed by atoms with Gasteiger partial charge in [-0.25, -0.2) is 9.37 Å². The topological polar surface area (TPSA) is 77.8 Å². The van der Waals surface area contributed by atoms with Crippen molar-refractivity contribution >= 4 is 0 Å². The van der Waals surface area contributed by atoms with Crippen molar-refractivity contribution in [3.63, 3.8) is 0 Å². The Balaban J connectivity index is 1.66. The van der Waals surface area contributed by atoms with Crippen molar-refractivity contribution in [2.45, 2.75) is 31.2 Å². The first-order valence-corrected chi connectivity index (χ1v) is 8.00. The Morgan fingerprint density at radius 3 is 2.42 bits per heavy atom. The number of benzene rings is 1. The van der Waals surface area contributed by atoms with Gasteiger partial charge in [0.05, 0.1) is 11.2 Å². The van der Waals surface area contributed by atoms with Crippen LogP contribution in [0.2, 0.25) is 0 Å². The summed E-state index contributed by atoms with van der Waals surface area (Å²) in [5.74, 6) is 0.621. The maximum absolute atomic E-state index is 13.1. The lowest BCUT2D eigenvalue weighted by Gasteiger charge is -2.17.